The Morgan fingerprint density at radius 2 is 2.14 bits per heavy atom. The Hall–Kier alpha value is -1.49. The molecule has 1 aromatic rings. The number of aromatic hydroxyl groups is 1. The van der Waals surface area contributed by atoms with Crippen LogP contribution in [0.1, 0.15) is 10.4 Å². The fourth-order valence-electron chi connectivity index (χ4n) is 0.850. The number of halogens is 2. The molecule has 78 valence electrons. The van der Waals surface area contributed by atoms with Crippen molar-refractivity contribution in [2.45, 2.75) is 0 Å². The van der Waals surface area contributed by atoms with E-state index >= 15 is 0 Å². The summed E-state index contributed by atoms with van der Waals surface area (Å²) < 4.78 is 17.4. The number of carbonyl (C=O) groups excluding carboxylic acids is 1. The van der Waals surface area contributed by atoms with Gasteiger partial charge in [-0.15, -0.1) is 12.4 Å². The van der Waals surface area contributed by atoms with Crippen molar-refractivity contribution >= 4 is 24.1 Å². The highest BCUT2D eigenvalue weighted by Crippen LogP contribution is 2.25. The number of phenolic OH excluding ortho intramolecular Hbond substituents is 1. The van der Waals surface area contributed by atoms with E-state index in [4.69, 9.17) is 10.8 Å². The zero-order valence-corrected chi connectivity index (χ0v) is 8.10. The van der Waals surface area contributed by atoms with Crippen molar-refractivity contribution in [3.05, 3.63) is 23.5 Å². The van der Waals surface area contributed by atoms with E-state index in [9.17, 15) is 9.18 Å². The predicted octanol–water partition coefficient (Wildman–Crippen LogP) is 1.32. The van der Waals surface area contributed by atoms with Crippen LogP contribution in [0.25, 0.3) is 0 Å². The highest BCUT2D eigenvalue weighted by molar-refractivity contribution is 5.91. The third kappa shape index (κ3) is 2.05. The van der Waals surface area contributed by atoms with Crippen LogP contribution in [0.4, 0.5) is 10.1 Å². The fourth-order valence-corrected chi connectivity index (χ4v) is 0.850. The van der Waals surface area contributed by atoms with E-state index in [1.807, 2.05) is 0 Å². The van der Waals surface area contributed by atoms with Crippen molar-refractivity contribution in [2.75, 3.05) is 12.8 Å². The number of rotatable bonds is 1. The monoisotopic (exact) mass is 221 g/mol. The Morgan fingerprint density at radius 1 is 1.57 bits per heavy atom. The minimum atomic E-state index is -0.966. The lowest BCUT2D eigenvalue weighted by atomic mass is 10.2. The van der Waals surface area contributed by atoms with Crippen LogP contribution in [0, 0.1) is 5.82 Å². The van der Waals surface area contributed by atoms with Gasteiger partial charge in [-0.3, -0.25) is 0 Å². The number of esters is 1. The van der Waals surface area contributed by atoms with Gasteiger partial charge in [0.1, 0.15) is 11.4 Å². The second-order valence-corrected chi connectivity index (χ2v) is 2.35. The third-order valence-corrected chi connectivity index (χ3v) is 1.56. The van der Waals surface area contributed by atoms with Gasteiger partial charge in [0.2, 0.25) is 0 Å². The van der Waals surface area contributed by atoms with Crippen LogP contribution >= 0.6 is 12.4 Å². The van der Waals surface area contributed by atoms with Gasteiger partial charge in [-0.25, -0.2) is 9.18 Å². The number of carbonyl (C=O) groups is 1. The summed E-state index contributed by atoms with van der Waals surface area (Å²) in [5.41, 5.74) is 4.39. The van der Waals surface area contributed by atoms with E-state index in [1.54, 1.807) is 0 Å². The molecule has 0 amide bonds. The number of benzene rings is 1. The lowest BCUT2D eigenvalue weighted by Crippen LogP contribution is -2.06. The highest BCUT2D eigenvalue weighted by Gasteiger charge is 2.16. The smallest absolute Gasteiger partial charge is 0.340 e. The Kier molecular flexibility index (Phi) is 4.17. The topological polar surface area (TPSA) is 72.5 Å². The molecule has 0 fully saturated rings. The molecule has 3 N–H and O–H groups in total. The number of hydrogen-bond acceptors (Lipinski definition) is 4. The summed E-state index contributed by atoms with van der Waals surface area (Å²) in [6.45, 7) is 0. The van der Waals surface area contributed by atoms with Gasteiger partial charge >= 0.3 is 5.97 Å². The quantitative estimate of drug-likeness (QED) is 0.426. The number of anilines is 1. The van der Waals surface area contributed by atoms with Gasteiger partial charge in [-0.05, 0) is 12.1 Å². The molecular weight excluding hydrogens is 213 g/mol. The van der Waals surface area contributed by atoms with Crippen LogP contribution in [-0.2, 0) is 4.74 Å². The fraction of sp³-hybridized carbons (Fsp3) is 0.125. The van der Waals surface area contributed by atoms with Gasteiger partial charge in [-0.2, -0.15) is 0 Å². The van der Waals surface area contributed by atoms with Crippen LogP contribution in [0.15, 0.2) is 12.1 Å². The first-order valence-electron chi connectivity index (χ1n) is 3.43. The molecule has 0 saturated heterocycles. The van der Waals surface area contributed by atoms with Crippen LogP contribution in [0.5, 0.6) is 5.75 Å². The average molecular weight is 222 g/mol. The number of nitrogen functional groups attached to an aromatic ring is 1. The molecule has 0 aliphatic rings. The molecule has 6 heteroatoms. The van der Waals surface area contributed by atoms with Crippen molar-refractivity contribution in [3.8, 4) is 5.75 Å². The molecule has 0 radical (unpaired) electrons. The van der Waals surface area contributed by atoms with Gasteiger partial charge in [0.15, 0.2) is 5.82 Å². The zero-order chi connectivity index (χ0) is 10.0. The maximum atomic E-state index is 13.1. The minimum Gasteiger partial charge on any atom is -0.506 e. The minimum absolute atomic E-state index is 0. The van der Waals surface area contributed by atoms with Crippen molar-refractivity contribution in [1.29, 1.82) is 0 Å². The summed E-state index contributed by atoms with van der Waals surface area (Å²) in [4.78, 5) is 10.9. The predicted molar refractivity (Wildman–Crippen MR) is 51.1 cm³/mol. The van der Waals surface area contributed by atoms with Crippen molar-refractivity contribution < 1.29 is 19.0 Å². The van der Waals surface area contributed by atoms with Crippen LogP contribution < -0.4 is 5.73 Å². The molecule has 0 aliphatic carbocycles. The molecule has 4 nitrogen and oxygen atoms in total. The van der Waals surface area contributed by atoms with E-state index in [-0.39, 0.29) is 18.0 Å². The van der Waals surface area contributed by atoms with E-state index < -0.39 is 23.2 Å². The summed E-state index contributed by atoms with van der Waals surface area (Å²) in [5.74, 6) is -2.19. The van der Waals surface area contributed by atoms with Crippen molar-refractivity contribution in [2.24, 2.45) is 0 Å². The van der Waals surface area contributed by atoms with Crippen LogP contribution in [0.3, 0.4) is 0 Å². The first-order valence-corrected chi connectivity index (χ1v) is 3.43. The maximum Gasteiger partial charge on any atom is 0.340 e. The zero-order valence-electron chi connectivity index (χ0n) is 7.28. The molecule has 0 atom stereocenters. The Balaban J connectivity index is 0.00000169. The van der Waals surface area contributed by atoms with E-state index in [2.05, 4.69) is 4.74 Å². The largest absolute Gasteiger partial charge is 0.506 e. The number of ether oxygens (including phenoxy) is 1. The molecule has 0 aliphatic heterocycles. The Bertz CT molecular complexity index is 357. The van der Waals surface area contributed by atoms with Gasteiger partial charge in [0.05, 0.1) is 12.7 Å². The van der Waals surface area contributed by atoms with E-state index in [0.29, 0.717) is 0 Å². The van der Waals surface area contributed by atoms with Crippen molar-refractivity contribution in [1.82, 2.24) is 0 Å². The van der Waals surface area contributed by atoms with Crippen molar-refractivity contribution in [3.63, 3.8) is 0 Å². The number of nitrogens with two attached hydrogens (primary N) is 1. The molecule has 0 spiro atoms. The Labute approximate surface area is 85.9 Å². The first-order chi connectivity index (χ1) is 6.07. The molecule has 0 unspecified atom stereocenters. The van der Waals surface area contributed by atoms with Gasteiger partial charge in [0.25, 0.3) is 0 Å². The second kappa shape index (κ2) is 4.66. The molecule has 0 saturated carbocycles. The molecule has 0 bridgehead atoms. The number of methoxy groups -OCH3 is 1. The van der Waals surface area contributed by atoms with Gasteiger partial charge < -0.3 is 15.6 Å². The highest BCUT2D eigenvalue weighted by atomic mass is 35.5. The maximum absolute atomic E-state index is 13.1. The summed E-state index contributed by atoms with van der Waals surface area (Å²) in [6, 6.07) is 2.23. The summed E-state index contributed by atoms with van der Waals surface area (Å²) in [6.07, 6.45) is 0. The molecule has 1 aromatic carbocycles. The molecule has 14 heavy (non-hydrogen) atoms. The van der Waals surface area contributed by atoms with Crippen LogP contribution in [0.2, 0.25) is 0 Å². The SMILES string of the molecule is COC(=O)c1ccc(O)c(N)c1F.Cl. The molecule has 0 heterocycles. The summed E-state index contributed by atoms with van der Waals surface area (Å²) in [5, 5.41) is 8.96. The lowest BCUT2D eigenvalue weighted by Gasteiger charge is -2.04. The van der Waals surface area contributed by atoms with E-state index in [1.165, 1.54) is 0 Å². The van der Waals surface area contributed by atoms with E-state index in [0.717, 1.165) is 19.2 Å². The average Bonchev–Trinajstić information content (AvgIpc) is 2.13. The van der Waals surface area contributed by atoms with Crippen LogP contribution in [-0.4, -0.2) is 18.2 Å². The number of phenols is 1. The summed E-state index contributed by atoms with van der Waals surface area (Å²) in [7, 11) is 1.13. The number of hydrogen-bond donors (Lipinski definition) is 2. The molecule has 1 rings (SSSR count). The second-order valence-electron chi connectivity index (χ2n) is 2.35. The summed E-state index contributed by atoms with van der Waals surface area (Å²) >= 11 is 0. The first kappa shape index (κ1) is 12.5. The standard InChI is InChI=1S/C8H8FNO3.ClH/c1-13-8(12)4-2-3-5(11)7(10)6(4)9;/h2-3,11H,10H2,1H3;1H. The third-order valence-electron chi connectivity index (χ3n) is 1.56. The lowest BCUT2D eigenvalue weighted by molar-refractivity contribution is 0.0595. The molecule has 0 aromatic heterocycles. The normalized spacial score (nSPS) is 9.00. The Morgan fingerprint density at radius 3 is 2.64 bits per heavy atom. The van der Waals surface area contributed by atoms with Gasteiger partial charge in [-0.1, -0.05) is 0 Å². The molecular formula is C8H9ClFNO3. The van der Waals surface area contributed by atoms with Gasteiger partial charge in [0, 0.05) is 0 Å².